The Morgan fingerprint density at radius 3 is 2.90 bits per heavy atom. The number of ether oxygens (including phenoxy) is 2. The van der Waals surface area contributed by atoms with E-state index in [1.165, 1.54) is 19.3 Å². The van der Waals surface area contributed by atoms with Crippen LogP contribution in [0, 0.1) is 5.92 Å². The molecule has 1 saturated heterocycles. The monoisotopic (exact) mass is 411 g/mol. The second-order valence-electron chi connectivity index (χ2n) is 5.97. The molecule has 21 heavy (non-hydrogen) atoms. The summed E-state index contributed by atoms with van der Waals surface area (Å²) in [4.78, 5) is 4.30. The highest BCUT2D eigenvalue weighted by atomic mass is 127. The maximum atomic E-state index is 5.82. The number of halogens is 1. The molecule has 0 amide bonds. The summed E-state index contributed by atoms with van der Waals surface area (Å²) >= 11 is 0. The normalized spacial score (nSPS) is 29.7. The molecule has 1 saturated carbocycles. The standard InChI is InChI=1S/C15H29N3O2.HI/c1-4-5-12-8-14(12)18-15(16-3)17-11(2)9-20-13-6-7-19-10-13;/h11-14H,4-10H2,1-3H3,(H2,16,17,18);1H. The summed E-state index contributed by atoms with van der Waals surface area (Å²) in [6.07, 6.45) is 5.14. The number of hydrogen-bond donors (Lipinski definition) is 2. The summed E-state index contributed by atoms with van der Waals surface area (Å²) in [7, 11) is 1.82. The second kappa shape index (κ2) is 9.84. The van der Waals surface area contributed by atoms with Gasteiger partial charge in [0.15, 0.2) is 5.96 Å². The molecule has 124 valence electrons. The van der Waals surface area contributed by atoms with Crippen LogP contribution in [0.15, 0.2) is 4.99 Å². The highest BCUT2D eigenvalue weighted by Gasteiger charge is 2.36. The van der Waals surface area contributed by atoms with Crippen molar-refractivity contribution in [3.8, 4) is 0 Å². The number of rotatable bonds is 7. The van der Waals surface area contributed by atoms with Crippen molar-refractivity contribution in [2.24, 2.45) is 10.9 Å². The van der Waals surface area contributed by atoms with Gasteiger partial charge in [0.25, 0.3) is 0 Å². The lowest BCUT2D eigenvalue weighted by molar-refractivity contribution is 0.0347. The van der Waals surface area contributed by atoms with Crippen molar-refractivity contribution >= 4 is 29.9 Å². The number of nitrogens with one attached hydrogen (secondary N) is 2. The van der Waals surface area contributed by atoms with Gasteiger partial charge < -0.3 is 20.1 Å². The van der Waals surface area contributed by atoms with Crippen molar-refractivity contribution < 1.29 is 9.47 Å². The molecule has 4 atom stereocenters. The number of hydrogen-bond acceptors (Lipinski definition) is 3. The zero-order valence-electron chi connectivity index (χ0n) is 13.4. The van der Waals surface area contributed by atoms with Crippen LogP contribution in [0.3, 0.4) is 0 Å². The van der Waals surface area contributed by atoms with Crippen LogP contribution in [-0.4, -0.2) is 51.0 Å². The zero-order chi connectivity index (χ0) is 14.4. The zero-order valence-corrected chi connectivity index (χ0v) is 15.8. The molecule has 0 bridgehead atoms. The van der Waals surface area contributed by atoms with Crippen LogP contribution in [-0.2, 0) is 9.47 Å². The Morgan fingerprint density at radius 2 is 2.29 bits per heavy atom. The van der Waals surface area contributed by atoms with E-state index in [9.17, 15) is 0 Å². The molecule has 0 aromatic heterocycles. The molecule has 0 aromatic rings. The highest BCUT2D eigenvalue weighted by molar-refractivity contribution is 14.0. The van der Waals surface area contributed by atoms with Crippen LogP contribution in [0.1, 0.15) is 39.5 Å². The van der Waals surface area contributed by atoms with Crippen LogP contribution in [0.4, 0.5) is 0 Å². The van der Waals surface area contributed by atoms with Gasteiger partial charge in [-0.15, -0.1) is 24.0 Å². The number of nitrogens with zero attached hydrogens (tertiary/aromatic N) is 1. The predicted octanol–water partition coefficient (Wildman–Crippen LogP) is 2.15. The average molecular weight is 411 g/mol. The van der Waals surface area contributed by atoms with E-state index < -0.39 is 0 Å². The molecule has 1 aliphatic heterocycles. The van der Waals surface area contributed by atoms with Gasteiger partial charge in [0.2, 0.25) is 0 Å². The van der Waals surface area contributed by atoms with Gasteiger partial charge in [-0.25, -0.2) is 0 Å². The molecule has 4 unspecified atom stereocenters. The van der Waals surface area contributed by atoms with E-state index in [2.05, 4.69) is 29.5 Å². The van der Waals surface area contributed by atoms with E-state index in [1.807, 2.05) is 7.05 Å². The van der Waals surface area contributed by atoms with E-state index in [4.69, 9.17) is 9.47 Å². The maximum Gasteiger partial charge on any atom is 0.191 e. The fourth-order valence-electron chi connectivity index (χ4n) is 2.66. The number of guanidine groups is 1. The smallest absolute Gasteiger partial charge is 0.191 e. The van der Waals surface area contributed by atoms with Gasteiger partial charge in [-0.05, 0) is 32.1 Å². The van der Waals surface area contributed by atoms with Crippen LogP contribution in [0.25, 0.3) is 0 Å². The van der Waals surface area contributed by atoms with Crippen molar-refractivity contribution in [1.29, 1.82) is 0 Å². The van der Waals surface area contributed by atoms with Gasteiger partial charge >= 0.3 is 0 Å². The lowest BCUT2D eigenvalue weighted by atomic mass is 10.2. The van der Waals surface area contributed by atoms with Crippen LogP contribution in [0.2, 0.25) is 0 Å². The molecular formula is C15H30IN3O2. The van der Waals surface area contributed by atoms with Crippen molar-refractivity contribution in [3.63, 3.8) is 0 Å². The fourth-order valence-corrected chi connectivity index (χ4v) is 2.66. The highest BCUT2D eigenvalue weighted by Crippen LogP contribution is 2.34. The lowest BCUT2D eigenvalue weighted by Gasteiger charge is -2.19. The predicted molar refractivity (Wildman–Crippen MR) is 96.5 cm³/mol. The first-order valence-electron chi connectivity index (χ1n) is 7.92. The summed E-state index contributed by atoms with van der Waals surface area (Å²) < 4.78 is 11.1. The van der Waals surface area contributed by atoms with Crippen molar-refractivity contribution in [2.45, 2.75) is 57.7 Å². The van der Waals surface area contributed by atoms with E-state index in [-0.39, 0.29) is 36.1 Å². The molecule has 2 rings (SSSR count). The molecular weight excluding hydrogens is 381 g/mol. The Labute approximate surface area is 145 Å². The lowest BCUT2D eigenvalue weighted by Crippen LogP contribution is -2.45. The molecule has 5 nitrogen and oxygen atoms in total. The van der Waals surface area contributed by atoms with Crippen molar-refractivity contribution in [3.05, 3.63) is 0 Å². The summed E-state index contributed by atoms with van der Waals surface area (Å²) in [5.41, 5.74) is 0. The van der Waals surface area contributed by atoms with Gasteiger partial charge in [-0.2, -0.15) is 0 Å². The first kappa shape index (κ1) is 19.0. The molecule has 0 aromatic carbocycles. The van der Waals surface area contributed by atoms with E-state index >= 15 is 0 Å². The first-order valence-corrected chi connectivity index (χ1v) is 7.92. The minimum Gasteiger partial charge on any atom is -0.379 e. The molecule has 6 heteroatoms. The molecule has 2 fully saturated rings. The molecule has 2 aliphatic rings. The number of aliphatic imine (C=N–C) groups is 1. The van der Waals surface area contributed by atoms with Crippen LogP contribution >= 0.6 is 24.0 Å². The third-order valence-corrected chi connectivity index (χ3v) is 3.98. The minimum atomic E-state index is 0. The van der Waals surface area contributed by atoms with Gasteiger partial charge in [0.05, 0.1) is 19.3 Å². The second-order valence-corrected chi connectivity index (χ2v) is 5.97. The molecule has 0 radical (unpaired) electrons. The fraction of sp³-hybridized carbons (Fsp3) is 0.933. The Hall–Kier alpha value is -0.0800. The Morgan fingerprint density at radius 1 is 1.48 bits per heavy atom. The van der Waals surface area contributed by atoms with Crippen LogP contribution < -0.4 is 10.6 Å². The van der Waals surface area contributed by atoms with Crippen molar-refractivity contribution in [2.75, 3.05) is 26.9 Å². The van der Waals surface area contributed by atoms with Crippen LogP contribution in [0.5, 0.6) is 0 Å². The van der Waals surface area contributed by atoms with E-state index in [0.717, 1.165) is 31.5 Å². The Kier molecular flexibility index (Phi) is 8.89. The largest absolute Gasteiger partial charge is 0.379 e. The van der Waals surface area contributed by atoms with Gasteiger partial charge in [-0.3, -0.25) is 4.99 Å². The summed E-state index contributed by atoms with van der Waals surface area (Å²) in [6, 6.07) is 0.864. The van der Waals surface area contributed by atoms with Gasteiger partial charge in [0.1, 0.15) is 0 Å². The van der Waals surface area contributed by atoms with E-state index in [0.29, 0.717) is 12.6 Å². The third-order valence-electron chi connectivity index (χ3n) is 3.98. The SMILES string of the molecule is CCCC1CC1NC(=NC)NC(C)COC1CCOC1.I. The quantitative estimate of drug-likeness (QED) is 0.383. The molecule has 1 aliphatic carbocycles. The molecule has 0 spiro atoms. The Bertz CT molecular complexity index is 322. The topological polar surface area (TPSA) is 54.9 Å². The minimum absolute atomic E-state index is 0. The summed E-state index contributed by atoms with van der Waals surface area (Å²) in [6.45, 7) is 6.63. The summed E-state index contributed by atoms with van der Waals surface area (Å²) in [5.74, 6) is 1.73. The van der Waals surface area contributed by atoms with Gasteiger partial charge in [0, 0.05) is 25.7 Å². The van der Waals surface area contributed by atoms with Crippen molar-refractivity contribution in [1.82, 2.24) is 10.6 Å². The summed E-state index contributed by atoms with van der Waals surface area (Å²) in [5, 5.41) is 6.89. The molecule has 1 heterocycles. The van der Waals surface area contributed by atoms with Gasteiger partial charge in [-0.1, -0.05) is 13.3 Å². The Balaban J connectivity index is 0.00000220. The first-order chi connectivity index (χ1) is 9.72. The average Bonchev–Trinajstić information content (AvgIpc) is 2.96. The molecule has 2 N–H and O–H groups in total. The maximum absolute atomic E-state index is 5.82. The third kappa shape index (κ3) is 6.69. The van der Waals surface area contributed by atoms with E-state index in [1.54, 1.807) is 0 Å².